The van der Waals surface area contributed by atoms with Crippen molar-refractivity contribution in [1.82, 2.24) is 10.2 Å². The van der Waals surface area contributed by atoms with Gasteiger partial charge < -0.3 is 15.3 Å². The third-order valence-corrected chi connectivity index (χ3v) is 3.92. The van der Waals surface area contributed by atoms with E-state index < -0.39 is 17.7 Å². The normalized spacial score (nSPS) is 32.4. The summed E-state index contributed by atoms with van der Waals surface area (Å²) in [6.45, 7) is 1.61. The highest BCUT2D eigenvalue weighted by Gasteiger charge is 2.47. The van der Waals surface area contributed by atoms with Gasteiger partial charge >= 0.3 is 6.18 Å². The summed E-state index contributed by atoms with van der Waals surface area (Å²) in [6.07, 6.45) is -3.50. The maximum absolute atomic E-state index is 12.7. The van der Waals surface area contributed by atoms with Crippen molar-refractivity contribution in [2.45, 2.75) is 37.5 Å². The summed E-state index contributed by atoms with van der Waals surface area (Å²) in [6, 6.07) is 0. The highest BCUT2D eigenvalue weighted by molar-refractivity contribution is 5.81. The van der Waals surface area contributed by atoms with Gasteiger partial charge in [-0.25, -0.2) is 0 Å². The third kappa shape index (κ3) is 3.52. The summed E-state index contributed by atoms with van der Waals surface area (Å²) < 4.78 is 38.2. The summed E-state index contributed by atoms with van der Waals surface area (Å²) >= 11 is 0. The molecule has 0 saturated heterocycles. The van der Waals surface area contributed by atoms with Gasteiger partial charge in [0.1, 0.15) is 0 Å². The molecule has 2 atom stereocenters. The van der Waals surface area contributed by atoms with Crippen LogP contribution in [0, 0.1) is 5.92 Å². The topological polar surface area (TPSA) is 47.9 Å². The maximum atomic E-state index is 12.7. The summed E-state index contributed by atoms with van der Waals surface area (Å²) in [4.78, 5) is 6.09. The second-order valence-corrected chi connectivity index (χ2v) is 5.54. The van der Waals surface area contributed by atoms with Crippen molar-refractivity contribution in [2.75, 3.05) is 26.7 Å². The predicted octanol–water partition coefficient (Wildman–Crippen LogP) is 1.36. The van der Waals surface area contributed by atoms with E-state index in [0.717, 1.165) is 6.54 Å². The number of aliphatic imine (C=N–C) groups is 1. The molecule has 2 rings (SSSR count). The first-order valence-corrected chi connectivity index (χ1v) is 6.59. The molecule has 110 valence electrons. The number of guanidine groups is 1. The van der Waals surface area contributed by atoms with Gasteiger partial charge in [0.2, 0.25) is 0 Å². The number of likely N-dealkylation sites (N-methyl/N-ethyl adjacent to an activating group) is 1. The molecule has 0 radical (unpaired) electrons. The van der Waals surface area contributed by atoms with E-state index in [1.807, 2.05) is 11.9 Å². The summed E-state index contributed by atoms with van der Waals surface area (Å²) in [5.74, 6) is -0.737. The lowest BCUT2D eigenvalue weighted by molar-refractivity contribution is -0.199. The average Bonchev–Trinajstić information content (AvgIpc) is 2.71. The zero-order chi connectivity index (χ0) is 14.1. The highest BCUT2D eigenvalue weighted by atomic mass is 19.4. The lowest BCUT2D eigenvalue weighted by Crippen LogP contribution is -2.50. The number of hydrogen-bond donors (Lipinski definition) is 2. The van der Waals surface area contributed by atoms with Crippen LogP contribution in [0.2, 0.25) is 0 Å². The summed E-state index contributed by atoms with van der Waals surface area (Å²) in [5.41, 5.74) is -1.29. The lowest BCUT2D eigenvalue weighted by atomic mass is 9.77. The number of halogens is 3. The Morgan fingerprint density at radius 3 is 2.84 bits per heavy atom. The van der Waals surface area contributed by atoms with Crippen LogP contribution in [0.4, 0.5) is 13.2 Å². The Balaban J connectivity index is 1.91. The summed E-state index contributed by atoms with van der Waals surface area (Å²) in [5, 5.41) is 13.3. The standard InChI is InChI=1S/C12H20F3N3O/c1-18-6-5-16-10(18)17-8-11(19)4-2-3-9(7-11)12(13,14)15/h9,19H,2-8H2,1H3,(H,16,17). The maximum Gasteiger partial charge on any atom is 0.391 e. The fraction of sp³-hybridized carbons (Fsp3) is 0.917. The Morgan fingerprint density at radius 1 is 1.53 bits per heavy atom. The lowest BCUT2D eigenvalue weighted by Gasteiger charge is -2.38. The highest BCUT2D eigenvalue weighted by Crippen LogP contribution is 2.41. The van der Waals surface area contributed by atoms with Gasteiger partial charge in [0.05, 0.1) is 18.1 Å². The molecular formula is C12H20F3N3O. The molecule has 0 bridgehead atoms. The van der Waals surface area contributed by atoms with Crippen LogP contribution in [0.3, 0.4) is 0 Å². The first kappa shape index (κ1) is 14.4. The first-order chi connectivity index (χ1) is 8.80. The molecule has 0 amide bonds. The van der Waals surface area contributed by atoms with Crippen LogP contribution >= 0.6 is 0 Å². The Kier molecular flexibility index (Phi) is 3.94. The smallest absolute Gasteiger partial charge is 0.388 e. The SMILES string of the molecule is CN1CCN=C1NCC1(O)CCCC(C(F)(F)F)C1. The average molecular weight is 279 g/mol. The van der Waals surface area contributed by atoms with E-state index in [9.17, 15) is 18.3 Å². The van der Waals surface area contributed by atoms with Crippen molar-refractivity contribution in [3.05, 3.63) is 0 Å². The van der Waals surface area contributed by atoms with Gasteiger partial charge in [-0.2, -0.15) is 13.2 Å². The molecule has 2 aliphatic rings. The predicted molar refractivity (Wildman–Crippen MR) is 65.9 cm³/mol. The second kappa shape index (κ2) is 5.19. The van der Waals surface area contributed by atoms with Crippen molar-refractivity contribution >= 4 is 5.96 Å². The quantitative estimate of drug-likeness (QED) is 0.802. The molecular weight excluding hydrogens is 259 g/mol. The molecule has 1 heterocycles. The minimum Gasteiger partial charge on any atom is -0.388 e. The van der Waals surface area contributed by atoms with E-state index in [1.54, 1.807) is 0 Å². The van der Waals surface area contributed by atoms with Crippen molar-refractivity contribution in [1.29, 1.82) is 0 Å². The van der Waals surface area contributed by atoms with E-state index in [-0.39, 0.29) is 19.4 Å². The van der Waals surface area contributed by atoms with Crippen LogP contribution in [0.15, 0.2) is 4.99 Å². The molecule has 19 heavy (non-hydrogen) atoms. The largest absolute Gasteiger partial charge is 0.391 e. The fourth-order valence-electron chi connectivity index (χ4n) is 2.75. The monoisotopic (exact) mass is 279 g/mol. The molecule has 1 aliphatic carbocycles. The number of rotatable bonds is 2. The molecule has 7 heteroatoms. The van der Waals surface area contributed by atoms with Crippen LogP contribution in [0.25, 0.3) is 0 Å². The van der Waals surface area contributed by atoms with Crippen LogP contribution in [0.5, 0.6) is 0 Å². The van der Waals surface area contributed by atoms with E-state index in [0.29, 0.717) is 25.3 Å². The molecule has 1 saturated carbocycles. The van der Waals surface area contributed by atoms with E-state index in [2.05, 4.69) is 10.3 Å². The van der Waals surface area contributed by atoms with Crippen LogP contribution < -0.4 is 5.32 Å². The Labute approximate surface area is 110 Å². The second-order valence-electron chi connectivity index (χ2n) is 5.54. The molecule has 4 nitrogen and oxygen atoms in total. The van der Waals surface area contributed by atoms with Gasteiger partial charge in [0.25, 0.3) is 0 Å². The molecule has 0 spiro atoms. The zero-order valence-electron chi connectivity index (χ0n) is 11.0. The minimum absolute atomic E-state index is 0.118. The van der Waals surface area contributed by atoms with Gasteiger partial charge in [-0.3, -0.25) is 4.99 Å². The molecule has 2 N–H and O–H groups in total. The third-order valence-electron chi connectivity index (χ3n) is 3.92. The van der Waals surface area contributed by atoms with Crippen molar-refractivity contribution in [3.63, 3.8) is 0 Å². The molecule has 0 aromatic rings. The fourth-order valence-corrected chi connectivity index (χ4v) is 2.75. The van der Waals surface area contributed by atoms with E-state index in [4.69, 9.17) is 0 Å². The van der Waals surface area contributed by atoms with Gasteiger partial charge in [-0.15, -0.1) is 0 Å². The van der Waals surface area contributed by atoms with Crippen molar-refractivity contribution in [2.24, 2.45) is 10.9 Å². The van der Waals surface area contributed by atoms with Crippen LogP contribution in [0.1, 0.15) is 25.7 Å². The van der Waals surface area contributed by atoms with Gasteiger partial charge in [0, 0.05) is 20.1 Å². The summed E-state index contributed by atoms with van der Waals surface area (Å²) in [7, 11) is 1.86. The first-order valence-electron chi connectivity index (χ1n) is 6.59. The van der Waals surface area contributed by atoms with Crippen LogP contribution in [-0.4, -0.2) is 54.4 Å². The Bertz CT molecular complexity index is 359. The molecule has 0 aromatic heterocycles. The van der Waals surface area contributed by atoms with Crippen molar-refractivity contribution in [3.8, 4) is 0 Å². The van der Waals surface area contributed by atoms with E-state index in [1.165, 1.54) is 0 Å². The molecule has 0 aromatic carbocycles. The van der Waals surface area contributed by atoms with Gasteiger partial charge in [-0.05, 0) is 25.7 Å². The Morgan fingerprint density at radius 2 is 2.26 bits per heavy atom. The number of nitrogens with one attached hydrogen (secondary N) is 1. The Hall–Kier alpha value is -0.980. The molecule has 1 aliphatic heterocycles. The number of alkyl halides is 3. The van der Waals surface area contributed by atoms with E-state index >= 15 is 0 Å². The number of aliphatic hydroxyl groups is 1. The number of hydrogen-bond acceptors (Lipinski definition) is 4. The number of nitrogens with zero attached hydrogens (tertiary/aromatic N) is 2. The van der Waals surface area contributed by atoms with Crippen molar-refractivity contribution < 1.29 is 18.3 Å². The van der Waals surface area contributed by atoms with Gasteiger partial charge in [-0.1, -0.05) is 0 Å². The van der Waals surface area contributed by atoms with Crippen LogP contribution in [-0.2, 0) is 0 Å². The van der Waals surface area contributed by atoms with Gasteiger partial charge in [0.15, 0.2) is 5.96 Å². The zero-order valence-corrected chi connectivity index (χ0v) is 11.0. The molecule has 2 unspecified atom stereocenters. The molecule has 1 fully saturated rings. The minimum atomic E-state index is -4.21.